The summed E-state index contributed by atoms with van der Waals surface area (Å²) in [5, 5.41) is 2.93. The molecule has 1 aliphatic rings. The monoisotopic (exact) mass is 374 g/mol. The second-order valence-electron chi connectivity index (χ2n) is 7.43. The third-order valence-electron chi connectivity index (χ3n) is 4.79. The van der Waals surface area contributed by atoms with Crippen molar-refractivity contribution in [3.8, 4) is 0 Å². The van der Waals surface area contributed by atoms with Crippen LogP contribution >= 0.6 is 0 Å². The Morgan fingerprint density at radius 3 is 2.56 bits per heavy atom. The van der Waals surface area contributed by atoms with Crippen LogP contribution in [0.4, 0.5) is 0 Å². The molecule has 0 spiro atoms. The van der Waals surface area contributed by atoms with Gasteiger partial charge in [-0.15, -0.1) is 0 Å². The number of hydrogen-bond acceptors (Lipinski definition) is 4. The number of hydrogen-bond donors (Lipinski definition) is 1. The molecule has 1 aromatic rings. The number of esters is 1. The van der Waals surface area contributed by atoms with Crippen molar-refractivity contribution in [1.29, 1.82) is 0 Å². The number of carbonyl (C=O) groups is 3. The van der Waals surface area contributed by atoms with Crippen LogP contribution in [0.3, 0.4) is 0 Å². The summed E-state index contributed by atoms with van der Waals surface area (Å²) < 4.78 is 4.61. The maximum Gasteiger partial charge on any atom is 0.305 e. The summed E-state index contributed by atoms with van der Waals surface area (Å²) in [4.78, 5) is 38.3. The third-order valence-corrected chi connectivity index (χ3v) is 4.79. The molecular formula is C21H30N2O4. The zero-order chi connectivity index (χ0) is 19.8. The fraction of sp³-hybridized carbons (Fsp3) is 0.571. The molecule has 6 nitrogen and oxygen atoms in total. The van der Waals surface area contributed by atoms with Crippen LogP contribution < -0.4 is 5.32 Å². The quantitative estimate of drug-likeness (QED) is 0.560. The molecule has 27 heavy (non-hydrogen) atoms. The lowest BCUT2D eigenvalue weighted by Crippen LogP contribution is -2.52. The average Bonchev–Trinajstić information content (AvgIpc) is 2.65. The van der Waals surface area contributed by atoms with E-state index in [9.17, 15) is 14.4 Å². The first-order chi connectivity index (χ1) is 12.9. The molecule has 148 valence electrons. The lowest BCUT2D eigenvalue weighted by molar-refractivity contribution is -0.142. The lowest BCUT2D eigenvalue weighted by atomic mass is 9.92. The normalized spacial score (nSPS) is 16.0. The highest BCUT2D eigenvalue weighted by atomic mass is 16.5. The summed E-state index contributed by atoms with van der Waals surface area (Å²) in [6.07, 6.45) is 2.68. The topological polar surface area (TPSA) is 75.7 Å². The molecule has 2 amide bonds. The largest absolute Gasteiger partial charge is 0.469 e. The van der Waals surface area contributed by atoms with Crippen LogP contribution in [0, 0.1) is 5.92 Å². The van der Waals surface area contributed by atoms with Gasteiger partial charge in [0.2, 0.25) is 11.8 Å². The Morgan fingerprint density at radius 2 is 1.89 bits per heavy atom. The predicted molar refractivity (Wildman–Crippen MR) is 103 cm³/mol. The molecule has 1 N–H and O–H groups in total. The van der Waals surface area contributed by atoms with Gasteiger partial charge in [-0.3, -0.25) is 14.4 Å². The summed E-state index contributed by atoms with van der Waals surface area (Å²) in [6, 6.07) is 7.49. The van der Waals surface area contributed by atoms with Crippen molar-refractivity contribution in [3.63, 3.8) is 0 Å². The number of unbranched alkanes of at least 4 members (excludes halogenated alkanes) is 1. The molecule has 0 saturated carbocycles. The van der Waals surface area contributed by atoms with Gasteiger partial charge in [0.25, 0.3) is 0 Å². The van der Waals surface area contributed by atoms with Crippen LogP contribution in [0.15, 0.2) is 24.3 Å². The Hall–Kier alpha value is -2.37. The maximum atomic E-state index is 12.8. The van der Waals surface area contributed by atoms with Crippen LogP contribution in [0.5, 0.6) is 0 Å². The maximum absolute atomic E-state index is 12.8. The van der Waals surface area contributed by atoms with Crippen LogP contribution in [0.25, 0.3) is 0 Å². The minimum atomic E-state index is -0.480. The molecule has 1 atom stereocenters. The van der Waals surface area contributed by atoms with Crippen LogP contribution in [-0.2, 0) is 32.1 Å². The predicted octanol–water partition coefficient (Wildman–Crippen LogP) is 2.45. The number of nitrogens with one attached hydrogen (secondary N) is 1. The van der Waals surface area contributed by atoms with E-state index in [0.29, 0.717) is 45.2 Å². The van der Waals surface area contributed by atoms with E-state index >= 15 is 0 Å². The van der Waals surface area contributed by atoms with Crippen molar-refractivity contribution in [2.24, 2.45) is 5.92 Å². The lowest BCUT2D eigenvalue weighted by Gasteiger charge is -2.36. The number of rotatable bonds is 8. The molecule has 1 aromatic carbocycles. The second-order valence-corrected chi connectivity index (χ2v) is 7.43. The van der Waals surface area contributed by atoms with E-state index in [1.165, 1.54) is 7.11 Å². The smallest absolute Gasteiger partial charge is 0.305 e. The number of ether oxygens (including phenoxy) is 1. The first-order valence-electron chi connectivity index (χ1n) is 9.63. The van der Waals surface area contributed by atoms with Crippen molar-refractivity contribution in [2.45, 2.75) is 58.5 Å². The molecule has 2 rings (SSSR count). The number of methoxy groups -OCH3 is 1. The molecule has 1 heterocycles. The van der Waals surface area contributed by atoms with E-state index in [1.54, 1.807) is 4.90 Å². The van der Waals surface area contributed by atoms with E-state index in [2.05, 4.69) is 10.1 Å². The first-order valence-corrected chi connectivity index (χ1v) is 9.63. The molecule has 0 aromatic heterocycles. The summed E-state index contributed by atoms with van der Waals surface area (Å²) in [6.45, 7) is 4.97. The van der Waals surface area contributed by atoms with E-state index in [-0.39, 0.29) is 23.7 Å². The zero-order valence-electron chi connectivity index (χ0n) is 16.5. The van der Waals surface area contributed by atoms with Crippen molar-refractivity contribution in [2.75, 3.05) is 13.7 Å². The van der Waals surface area contributed by atoms with E-state index in [0.717, 1.165) is 11.1 Å². The standard InChI is InChI=1S/C21H30N2O4/c1-15(2)12-19(24)23-14-17-9-5-4-8-16(17)13-18(23)21(26)22-11-7-6-10-20(25)27-3/h4-5,8-9,15,18H,6-7,10-14H2,1-3H3,(H,22,26). The molecule has 1 aliphatic heterocycles. The fourth-order valence-corrected chi connectivity index (χ4v) is 3.31. The van der Waals surface area contributed by atoms with Crippen LogP contribution in [0.2, 0.25) is 0 Å². The summed E-state index contributed by atoms with van der Waals surface area (Å²) in [7, 11) is 1.37. The minimum Gasteiger partial charge on any atom is -0.469 e. The minimum absolute atomic E-state index is 0.0188. The van der Waals surface area contributed by atoms with Gasteiger partial charge in [0.1, 0.15) is 6.04 Å². The van der Waals surface area contributed by atoms with Gasteiger partial charge < -0.3 is 15.0 Å². The third kappa shape index (κ3) is 6.08. The summed E-state index contributed by atoms with van der Waals surface area (Å²) in [5.74, 6) is -0.0996. The van der Waals surface area contributed by atoms with Crippen molar-refractivity contribution in [1.82, 2.24) is 10.2 Å². The van der Waals surface area contributed by atoms with Crippen LogP contribution in [0.1, 0.15) is 50.7 Å². The van der Waals surface area contributed by atoms with Crippen molar-refractivity contribution >= 4 is 17.8 Å². The highest BCUT2D eigenvalue weighted by Crippen LogP contribution is 2.25. The summed E-state index contributed by atoms with van der Waals surface area (Å²) >= 11 is 0. The van der Waals surface area contributed by atoms with Gasteiger partial charge in [-0.25, -0.2) is 0 Å². The Morgan fingerprint density at radius 1 is 1.19 bits per heavy atom. The number of carbonyl (C=O) groups excluding carboxylic acids is 3. The average molecular weight is 374 g/mol. The Kier molecular flexibility index (Phi) is 7.82. The Bertz CT molecular complexity index is 672. The molecule has 0 radical (unpaired) electrons. The molecule has 0 fully saturated rings. The molecule has 0 aliphatic carbocycles. The first kappa shape index (κ1) is 20.9. The van der Waals surface area contributed by atoms with E-state index in [1.807, 2.05) is 38.1 Å². The van der Waals surface area contributed by atoms with E-state index in [4.69, 9.17) is 0 Å². The van der Waals surface area contributed by atoms with E-state index < -0.39 is 6.04 Å². The highest BCUT2D eigenvalue weighted by Gasteiger charge is 2.34. The molecular weight excluding hydrogens is 344 g/mol. The van der Waals surface area contributed by atoms with Gasteiger partial charge in [0.05, 0.1) is 7.11 Å². The van der Waals surface area contributed by atoms with Crippen molar-refractivity contribution < 1.29 is 19.1 Å². The van der Waals surface area contributed by atoms with Gasteiger partial charge >= 0.3 is 5.97 Å². The number of fused-ring (bicyclic) bond motifs is 1. The van der Waals surface area contributed by atoms with Gasteiger partial charge in [-0.2, -0.15) is 0 Å². The molecule has 0 saturated heterocycles. The zero-order valence-corrected chi connectivity index (χ0v) is 16.5. The number of nitrogens with zero attached hydrogens (tertiary/aromatic N) is 1. The number of benzene rings is 1. The number of amides is 2. The Labute approximate surface area is 161 Å². The Balaban J connectivity index is 1.98. The van der Waals surface area contributed by atoms with Gasteiger partial charge in [-0.05, 0) is 29.9 Å². The second kappa shape index (κ2) is 10.1. The molecule has 6 heteroatoms. The van der Waals surface area contributed by atoms with Gasteiger partial charge in [-0.1, -0.05) is 38.1 Å². The van der Waals surface area contributed by atoms with Gasteiger partial charge in [0.15, 0.2) is 0 Å². The fourth-order valence-electron chi connectivity index (χ4n) is 3.31. The van der Waals surface area contributed by atoms with Gasteiger partial charge in [0, 0.05) is 32.4 Å². The van der Waals surface area contributed by atoms with Crippen LogP contribution in [-0.4, -0.2) is 42.4 Å². The molecule has 0 bridgehead atoms. The van der Waals surface area contributed by atoms with Crippen molar-refractivity contribution in [3.05, 3.63) is 35.4 Å². The SMILES string of the molecule is COC(=O)CCCCNC(=O)C1Cc2ccccc2CN1C(=O)CC(C)C. The highest BCUT2D eigenvalue weighted by molar-refractivity contribution is 5.88. The summed E-state index contributed by atoms with van der Waals surface area (Å²) in [5.41, 5.74) is 2.23. The molecule has 1 unspecified atom stereocenters.